The van der Waals surface area contributed by atoms with Crippen LogP contribution in [-0.2, 0) is 10.0 Å². The van der Waals surface area contributed by atoms with E-state index in [4.69, 9.17) is 12.2 Å². The van der Waals surface area contributed by atoms with Crippen molar-refractivity contribution in [3.05, 3.63) is 41.8 Å². The van der Waals surface area contributed by atoms with Gasteiger partial charge in [0.2, 0.25) is 0 Å². The molecule has 5 nitrogen and oxygen atoms in total. The lowest BCUT2D eigenvalue weighted by atomic mass is 10.3. The number of para-hydroxylation sites is 2. The van der Waals surface area contributed by atoms with E-state index in [0.29, 0.717) is 16.5 Å². The molecule has 1 aromatic carbocycles. The van der Waals surface area contributed by atoms with Crippen molar-refractivity contribution in [2.75, 3.05) is 10.0 Å². The molecule has 0 aliphatic rings. The summed E-state index contributed by atoms with van der Waals surface area (Å²) in [6.07, 6.45) is 0. The van der Waals surface area contributed by atoms with Crippen LogP contribution in [0.3, 0.4) is 0 Å². The lowest BCUT2D eigenvalue weighted by molar-refractivity contribution is 0.603. The molecule has 8 heteroatoms. The van der Waals surface area contributed by atoms with Crippen LogP contribution in [0, 0.1) is 0 Å². The summed E-state index contributed by atoms with van der Waals surface area (Å²) in [5.41, 5.74) is 1.05. The summed E-state index contributed by atoms with van der Waals surface area (Å²) in [5.74, 6) is 0. The Kier molecular flexibility index (Phi) is 5.38. The van der Waals surface area contributed by atoms with E-state index in [0.717, 1.165) is 0 Å². The van der Waals surface area contributed by atoms with Gasteiger partial charge in [0, 0.05) is 6.04 Å². The molecule has 2 aromatic rings. The molecule has 2 rings (SSSR count). The lowest BCUT2D eigenvalue weighted by Crippen LogP contribution is -2.34. The highest BCUT2D eigenvalue weighted by molar-refractivity contribution is 7.94. The first-order valence-electron chi connectivity index (χ1n) is 6.61. The summed E-state index contributed by atoms with van der Waals surface area (Å²) in [7, 11) is -3.59. The third-order valence-corrected chi connectivity index (χ3v) is 5.58. The summed E-state index contributed by atoms with van der Waals surface area (Å²) in [4.78, 5) is 0. The van der Waals surface area contributed by atoms with Gasteiger partial charge in [0.1, 0.15) is 4.21 Å². The average Bonchev–Trinajstić information content (AvgIpc) is 2.94. The summed E-state index contributed by atoms with van der Waals surface area (Å²) >= 11 is 6.36. The molecule has 0 radical (unpaired) electrons. The molecule has 3 N–H and O–H groups in total. The zero-order chi connectivity index (χ0) is 16.2. The quantitative estimate of drug-likeness (QED) is 0.718. The number of anilines is 2. The molecule has 0 aliphatic heterocycles. The van der Waals surface area contributed by atoms with Crippen LogP contribution in [0.25, 0.3) is 0 Å². The van der Waals surface area contributed by atoms with Gasteiger partial charge in [-0.05, 0) is 49.6 Å². The van der Waals surface area contributed by atoms with Crippen molar-refractivity contribution in [1.82, 2.24) is 5.32 Å². The van der Waals surface area contributed by atoms with Gasteiger partial charge in [-0.15, -0.1) is 11.3 Å². The number of nitrogens with one attached hydrogen (secondary N) is 3. The van der Waals surface area contributed by atoms with E-state index >= 15 is 0 Å². The molecular weight excluding hydrogens is 338 g/mol. The van der Waals surface area contributed by atoms with E-state index < -0.39 is 10.0 Å². The molecule has 118 valence electrons. The molecule has 22 heavy (non-hydrogen) atoms. The molecule has 1 heterocycles. The molecule has 1 aromatic heterocycles. The molecule has 0 fully saturated rings. The number of hydrogen-bond acceptors (Lipinski definition) is 4. The molecule has 0 spiro atoms. The van der Waals surface area contributed by atoms with Crippen LogP contribution in [0.1, 0.15) is 13.8 Å². The summed E-state index contributed by atoms with van der Waals surface area (Å²) in [6, 6.07) is 10.5. The van der Waals surface area contributed by atoms with Gasteiger partial charge in [0.15, 0.2) is 5.11 Å². The van der Waals surface area contributed by atoms with Crippen molar-refractivity contribution in [2.24, 2.45) is 0 Å². The van der Waals surface area contributed by atoms with Gasteiger partial charge < -0.3 is 10.6 Å². The van der Waals surface area contributed by atoms with Gasteiger partial charge in [-0.1, -0.05) is 18.2 Å². The standard InChI is InChI=1S/C14H17N3O2S3/c1-10(2)15-14(20)16-11-6-3-4-7-12(11)17-22(18,19)13-8-5-9-21-13/h3-10,17H,1-2H3,(H2,15,16,20). The average molecular weight is 356 g/mol. The van der Waals surface area contributed by atoms with Crippen molar-refractivity contribution in [1.29, 1.82) is 0 Å². The van der Waals surface area contributed by atoms with E-state index in [1.54, 1.807) is 35.7 Å². The third kappa shape index (κ3) is 4.43. The smallest absolute Gasteiger partial charge is 0.271 e. The Bertz CT molecular complexity index is 740. The van der Waals surface area contributed by atoms with Crippen LogP contribution in [0.2, 0.25) is 0 Å². The zero-order valence-electron chi connectivity index (χ0n) is 12.2. The van der Waals surface area contributed by atoms with Crippen molar-refractivity contribution in [3.63, 3.8) is 0 Å². The molecule has 0 aliphatic carbocycles. The molecule has 0 bridgehead atoms. The first-order valence-corrected chi connectivity index (χ1v) is 9.38. The van der Waals surface area contributed by atoms with E-state index in [1.165, 1.54) is 11.3 Å². The number of hydrogen-bond donors (Lipinski definition) is 3. The lowest BCUT2D eigenvalue weighted by Gasteiger charge is -2.16. The highest BCUT2D eigenvalue weighted by Crippen LogP contribution is 2.26. The molecule has 0 unspecified atom stereocenters. The largest absolute Gasteiger partial charge is 0.360 e. The Morgan fingerprint density at radius 1 is 1.14 bits per heavy atom. The van der Waals surface area contributed by atoms with E-state index in [2.05, 4.69) is 15.4 Å². The van der Waals surface area contributed by atoms with E-state index in [1.807, 2.05) is 19.9 Å². The fourth-order valence-electron chi connectivity index (χ4n) is 1.71. The summed E-state index contributed by atoms with van der Waals surface area (Å²) in [6.45, 7) is 3.94. The van der Waals surface area contributed by atoms with Crippen molar-refractivity contribution < 1.29 is 8.42 Å². The van der Waals surface area contributed by atoms with E-state index in [-0.39, 0.29) is 10.3 Å². The van der Waals surface area contributed by atoms with Gasteiger partial charge in [-0.2, -0.15) is 0 Å². The Morgan fingerprint density at radius 3 is 2.41 bits per heavy atom. The summed E-state index contributed by atoms with van der Waals surface area (Å²) < 4.78 is 27.5. The first-order chi connectivity index (χ1) is 10.4. The monoisotopic (exact) mass is 355 g/mol. The SMILES string of the molecule is CC(C)NC(=S)Nc1ccccc1NS(=O)(=O)c1cccs1. The van der Waals surface area contributed by atoms with Crippen LogP contribution >= 0.6 is 23.6 Å². The van der Waals surface area contributed by atoms with Gasteiger partial charge >= 0.3 is 0 Å². The first kappa shape index (κ1) is 16.7. The van der Waals surface area contributed by atoms with Crippen molar-refractivity contribution >= 4 is 50.1 Å². The number of rotatable bonds is 5. The van der Waals surface area contributed by atoms with Crippen LogP contribution in [0.5, 0.6) is 0 Å². The highest BCUT2D eigenvalue weighted by atomic mass is 32.2. The van der Waals surface area contributed by atoms with Gasteiger partial charge in [-0.25, -0.2) is 8.42 Å². The van der Waals surface area contributed by atoms with Gasteiger partial charge in [0.25, 0.3) is 10.0 Å². The zero-order valence-corrected chi connectivity index (χ0v) is 14.6. The van der Waals surface area contributed by atoms with Crippen LogP contribution in [0.15, 0.2) is 46.0 Å². The second kappa shape index (κ2) is 7.08. The Hall–Kier alpha value is -1.64. The van der Waals surface area contributed by atoms with Gasteiger partial charge in [0.05, 0.1) is 11.4 Å². The topological polar surface area (TPSA) is 70.2 Å². The molecule has 0 amide bonds. The predicted molar refractivity (Wildman–Crippen MR) is 96.1 cm³/mol. The van der Waals surface area contributed by atoms with Crippen LogP contribution < -0.4 is 15.4 Å². The van der Waals surface area contributed by atoms with Gasteiger partial charge in [-0.3, -0.25) is 4.72 Å². The number of thiophene rings is 1. The number of thiocarbonyl (C=S) groups is 1. The minimum atomic E-state index is -3.59. The second-order valence-corrected chi connectivity index (χ2v) is 8.10. The summed E-state index contributed by atoms with van der Waals surface area (Å²) in [5, 5.41) is 8.23. The fraction of sp³-hybridized carbons (Fsp3) is 0.214. The van der Waals surface area contributed by atoms with Crippen molar-refractivity contribution in [3.8, 4) is 0 Å². The van der Waals surface area contributed by atoms with E-state index in [9.17, 15) is 8.42 Å². The van der Waals surface area contributed by atoms with Crippen LogP contribution in [-0.4, -0.2) is 19.6 Å². The number of benzene rings is 1. The molecule has 0 saturated heterocycles. The Morgan fingerprint density at radius 2 is 1.82 bits per heavy atom. The Balaban J connectivity index is 2.20. The predicted octanol–water partition coefficient (Wildman–Crippen LogP) is 3.24. The van der Waals surface area contributed by atoms with Crippen molar-refractivity contribution in [2.45, 2.75) is 24.1 Å². The maximum absolute atomic E-state index is 12.3. The minimum Gasteiger partial charge on any atom is -0.360 e. The minimum absolute atomic E-state index is 0.190. The third-order valence-electron chi connectivity index (χ3n) is 2.60. The highest BCUT2D eigenvalue weighted by Gasteiger charge is 2.17. The molecular formula is C14H17N3O2S3. The number of sulfonamides is 1. The molecule has 0 atom stereocenters. The second-order valence-electron chi connectivity index (χ2n) is 4.84. The maximum Gasteiger partial charge on any atom is 0.271 e. The maximum atomic E-state index is 12.3. The van der Waals surface area contributed by atoms with Crippen LogP contribution in [0.4, 0.5) is 11.4 Å². The normalized spacial score (nSPS) is 11.2. The Labute approximate surface area is 139 Å². The molecule has 0 saturated carbocycles. The fourth-order valence-corrected chi connectivity index (χ4v) is 4.13.